The van der Waals surface area contributed by atoms with Crippen molar-refractivity contribution in [2.75, 3.05) is 0 Å². The molecule has 0 aromatic heterocycles. The van der Waals surface area contributed by atoms with E-state index in [0.29, 0.717) is 0 Å². The van der Waals surface area contributed by atoms with Gasteiger partial charge in [-0.3, -0.25) is 9.59 Å². The molecule has 76 valence electrons. The summed E-state index contributed by atoms with van der Waals surface area (Å²) in [5, 5.41) is 11.0. The third-order valence-electron chi connectivity index (χ3n) is 2.59. The van der Waals surface area contributed by atoms with Crippen LogP contribution in [-0.4, -0.2) is 34.6 Å². The van der Waals surface area contributed by atoms with Crippen LogP contribution >= 0.6 is 0 Å². The van der Waals surface area contributed by atoms with E-state index in [2.05, 4.69) is 5.32 Å². The standard InChI is InChI=1S/C8H9NO5/c10-5-1-2-8(14-5)3-4(6(11)12)9-7(8)13/h4H,1-3H2,(H,9,13)(H,11,12)/t4-,8-/m0/s1. The van der Waals surface area contributed by atoms with Crippen molar-refractivity contribution < 1.29 is 24.2 Å². The second-order valence-corrected chi connectivity index (χ2v) is 3.54. The van der Waals surface area contributed by atoms with Gasteiger partial charge in [0.25, 0.3) is 5.91 Å². The molecule has 0 radical (unpaired) electrons. The van der Waals surface area contributed by atoms with Gasteiger partial charge in [-0.15, -0.1) is 0 Å². The van der Waals surface area contributed by atoms with Gasteiger partial charge < -0.3 is 15.2 Å². The Kier molecular flexibility index (Phi) is 1.73. The average molecular weight is 199 g/mol. The van der Waals surface area contributed by atoms with Crippen LogP contribution < -0.4 is 5.32 Å². The summed E-state index contributed by atoms with van der Waals surface area (Å²) >= 11 is 0. The number of carbonyl (C=O) groups excluding carboxylic acids is 2. The Labute approximate surface area is 79.2 Å². The first-order chi connectivity index (χ1) is 6.53. The number of rotatable bonds is 1. The Morgan fingerprint density at radius 1 is 1.57 bits per heavy atom. The van der Waals surface area contributed by atoms with Gasteiger partial charge in [0.15, 0.2) is 5.60 Å². The molecule has 14 heavy (non-hydrogen) atoms. The van der Waals surface area contributed by atoms with Gasteiger partial charge in [-0.2, -0.15) is 0 Å². The Balaban J connectivity index is 2.19. The van der Waals surface area contributed by atoms with Crippen molar-refractivity contribution in [3.05, 3.63) is 0 Å². The first-order valence-electron chi connectivity index (χ1n) is 4.29. The molecule has 2 atom stereocenters. The van der Waals surface area contributed by atoms with E-state index >= 15 is 0 Å². The van der Waals surface area contributed by atoms with E-state index < -0.39 is 29.5 Å². The van der Waals surface area contributed by atoms with Gasteiger partial charge in [-0.05, 0) is 0 Å². The minimum atomic E-state index is -1.21. The van der Waals surface area contributed by atoms with E-state index in [1.807, 2.05) is 0 Å². The van der Waals surface area contributed by atoms with E-state index in [4.69, 9.17) is 9.84 Å². The quantitative estimate of drug-likeness (QED) is 0.530. The third-order valence-corrected chi connectivity index (χ3v) is 2.59. The number of carboxylic acids is 1. The van der Waals surface area contributed by atoms with Crippen molar-refractivity contribution >= 4 is 17.8 Å². The Morgan fingerprint density at radius 2 is 2.29 bits per heavy atom. The summed E-state index contributed by atoms with van der Waals surface area (Å²) in [4.78, 5) is 32.9. The van der Waals surface area contributed by atoms with Crippen LogP contribution in [-0.2, 0) is 19.1 Å². The second-order valence-electron chi connectivity index (χ2n) is 3.54. The fraction of sp³-hybridized carbons (Fsp3) is 0.625. The summed E-state index contributed by atoms with van der Waals surface area (Å²) in [5.74, 6) is -2.03. The second kappa shape index (κ2) is 2.70. The molecule has 0 saturated carbocycles. The molecule has 6 nitrogen and oxygen atoms in total. The lowest BCUT2D eigenvalue weighted by Crippen LogP contribution is -2.38. The van der Waals surface area contributed by atoms with Gasteiger partial charge >= 0.3 is 11.9 Å². The number of ether oxygens (including phenoxy) is 1. The van der Waals surface area contributed by atoms with E-state index in [-0.39, 0.29) is 19.3 Å². The molecule has 2 N–H and O–H groups in total. The largest absolute Gasteiger partial charge is 0.480 e. The minimum absolute atomic E-state index is 0.0346. The number of carbonyl (C=O) groups is 3. The Morgan fingerprint density at radius 3 is 2.71 bits per heavy atom. The highest BCUT2D eigenvalue weighted by atomic mass is 16.6. The molecule has 2 rings (SSSR count). The molecule has 0 bridgehead atoms. The van der Waals surface area contributed by atoms with Crippen LogP contribution in [0.5, 0.6) is 0 Å². The van der Waals surface area contributed by atoms with Gasteiger partial charge in [-0.1, -0.05) is 0 Å². The van der Waals surface area contributed by atoms with Gasteiger partial charge in [0, 0.05) is 19.3 Å². The molecule has 6 heteroatoms. The van der Waals surface area contributed by atoms with E-state index in [9.17, 15) is 14.4 Å². The summed E-state index contributed by atoms with van der Waals surface area (Å²) in [6.07, 6.45) is 0.494. The number of amides is 1. The molecular formula is C8H9NO5. The maximum Gasteiger partial charge on any atom is 0.326 e. The predicted octanol–water partition coefficient (Wildman–Crippen LogP) is -0.965. The average Bonchev–Trinajstić information content (AvgIpc) is 2.60. The highest BCUT2D eigenvalue weighted by Crippen LogP contribution is 2.35. The number of esters is 1. The lowest BCUT2D eigenvalue weighted by Gasteiger charge is -2.17. The predicted molar refractivity (Wildman–Crippen MR) is 42.2 cm³/mol. The number of hydrogen-bond acceptors (Lipinski definition) is 4. The van der Waals surface area contributed by atoms with Crippen LogP contribution in [0, 0.1) is 0 Å². The zero-order chi connectivity index (χ0) is 10.3. The summed E-state index contributed by atoms with van der Waals surface area (Å²) in [7, 11) is 0. The molecular weight excluding hydrogens is 190 g/mol. The summed E-state index contributed by atoms with van der Waals surface area (Å²) < 4.78 is 4.89. The number of nitrogens with one attached hydrogen (secondary N) is 1. The van der Waals surface area contributed by atoms with Gasteiger partial charge in [-0.25, -0.2) is 4.79 Å². The Hall–Kier alpha value is -1.59. The van der Waals surface area contributed by atoms with Gasteiger partial charge in [0.05, 0.1) is 0 Å². The van der Waals surface area contributed by atoms with Crippen molar-refractivity contribution in [3.8, 4) is 0 Å². The number of hydrogen-bond donors (Lipinski definition) is 2. The molecule has 1 spiro atoms. The fourth-order valence-electron chi connectivity index (χ4n) is 1.84. The SMILES string of the molecule is O=C1CC[C@@]2(C[C@@H](C(=O)O)NC2=O)O1. The molecule has 0 aliphatic carbocycles. The van der Waals surface area contributed by atoms with E-state index in [1.165, 1.54) is 0 Å². The summed E-state index contributed by atoms with van der Waals surface area (Å²) in [6.45, 7) is 0. The summed E-state index contributed by atoms with van der Waals surface area (Å²) in [6, 6.07) is -0.937. The highest BCUT2D eigenvalue weighted by Gasteiger charge is 2.55. The van der Waals surface area contributed by atoms with Crippen molar-refractivity contribution in [2.24, 2.45) is 0 Å². The van der Waals surface area contributed by atoms with E-state index in [0.717, 1.165) is 0 Å². The van der Waals surface area contributed by atoms with Crippen LogP contribution in [0.4, 0.5) is 0 Å². The molecule has 2 aliphatic heterocycles. The van der Waals surface area contributed by atoms with Crippen molar-refractivity contribution in [1.29, 1.82) is 0 Å². The number of aliphatic carboxylic acids is 1. The third kappa shape index (κ3) is 1.14. The highest BCUT2D eigenvalue weighted by molar-refractivity contribution is 5.96. The number of carboxylic acid groups (broad SMARTS) is 1. The zero-order valence-electron chi connectivity index (χ0n) is 7.28. The first-order valence-corrected chi connectivity index (χ1v) is 4.29. The molecule has 1 amide bonds. The molecule has 2 heterocycles. The fourth-order valence-corrected chi connectivity index (χ4v) is 1.84. The van der Waals surface area contributed by atoms with Crippen LogP contribution in [0.15, 0.2) is 0 Å². The van der Waals surface area contributed by atoms with Gasteiger partial charge in [0.1, 0.15) is 6.04 Å². The molecule has 2 fully saturated rings. The lowest BCUT2D eigenvalue weighted by atomic mass is 9.96. The van der Waals surface area contributed by atoms with Crippen LogP contribution in [0.2, 0.25) is 0 Å². The molecule has 2 aliphatic rings. The molecule has 2 saturated heterocycles. The van der Waals surface area contributed by atoms with Crippen LogP contribution in [0.1, 0.15) is 19.3 Å². The summed E-state index contributed by atoms with van der Waals surface area (Å²) in [5.41, 5.74) is -1.21. The smallest absolute Gasteiger partial charge is 0.326 e. The maximum atomic E-state index is 11.4. The zero-order valence-corrected chi connectivity index (χ0v) is 7.28. The monoisotopic (exact) mass is 199 g/mol. The normalized spacial score (nSPS) is 35.9. The van der Waals surface area contributed by atoms with Crippen molar-refractivity contribution in [1.82, 2.24) is 5.32 Å². The topological polar surface area (TPSA) is 92.7 Å². The van der Waals surface area contributed by atoms with Crippen LogP contribution in [0.3, 0.4) is 0 Å². The molecule has 0 aromatic rings. The van der Waals surface area contributed by atoms with Crippen molar-refractivity contribution in [2.45, 2.75) is 30.9 Å². The van der Waals surface area contributed by atoms with E-state index in [1.54, 1.807) is 0 Å². The Bertz CT molecular complexity index is 326. The molecule has 0 aromatic carbocycles. The minimum Gasteiger partial charge on any atom is -0.480 e. The van der Waals surface area contributed by atoms with Gasteiger partial charge in [0.2, 0.25) is 0 Å². The van der Waals surface area contributed by atoms with Crippen molar-refractivity contribution in [3.63, 3.8) is 0 Å². The van der Waals surface area contributed by atoms with Crippen LogP contribution in [0.25, 0.3) is 0 Å². The lowest BCUT2D eigenvalue weighted by molar-refractivity contribution is -0.155. The molecule has 0 unspecified atom stereocenters. The maximum absolute atomic E-state index is 11.4. The first kappa shape index (κ1) is 8.98.